The van der Waals surface area contributed by atoms with E-state index < -0.39 is 17.5 Å². The molecule has 0 saturated carbocycles. The van der Waals surface area contributed by atoms with E-state index in [1.54, 1.807) is 11.6 Å². The third-order valence-corrected chi connectivity index (χ3v) is 3.91. The predicted octanol–water partition coefficient (Wildman–Crippen LogP) is 1.04. The van der Waals surface area contributed by atoms with Gasteiger partial charge < -0.3 is 5.32 Å². The summed E-state index contributed by atoms with van der Waals surface area (Å²) in [7, 11) is 0. The fraction of sp³-hybridized carbons (Fsp3) is 0.278. The molecule has 0 aliphatic carbocycles. The summed E-state index contributed by atoms with van der Waals surface area (Å²) in [6.07, 6.45) is 2.71. The van der Waals surface area contributed by atoms with E-state index in [0.29, 0.717) is 17.6 Å². The zero-order valence-electron chi connectivity index (χ0n) is 15.3. The Balaban J connectivity index is 1.92. The summed E-state index contributed by atoms with van der Waals surface area (Å²) in [5, 5.41) is 9.17. The maximum atomic E-state index is 12.6. The van der Waals surface area contributed by atoms with Crippen LogP contribution in [0.4, 0.5) is 4.79 Å². The van der Waals surface area contributed by atoms with Crippen molar-refractivity contribution in [3.8, 4) is 5.69 Å². The van der Waals surface area contributed by atoms with Crippen LogP contribution in [0.3, 0.4) is 0 Å². The Morgan fingerprint density at radius 1 is 1.15 bits per heavy atom. The van der Waals surface area contributed by atoms with Crippen molar-refractivity contribution in [2.75, 3.05) is 6.54 Å². The smallest absolute Gasteiger partial charge is 0.321 e. The van der Waals surface area contributed by atoms with Crippen molar-refractivity contribution >= 4 is 23.0 Å². The van der Waals surface area contributed by atoms with Gasteiger partial charge in [-0.15, -0.1) is 0 Å². The van der Waals surface area contributed by atoms with Gasteiger partial charge in [-0.05, 0) is 44.0 Å². The molecule has 0 unspecified atom stereocenters. The lowest BCUT2D eigenvalue weighted by Gasteiger charge is -2.08. The first kappa shape index (κ1) is 18.3. The molecule has 0 radical (unpaired) electrons. The number of imide groups is 1. The second kappa shape index (κ2) is 7.40. The van der Waals surface area contributed by atoms with Gasteiger partial charge in [0.05, 0.1) is 11.9 Å². The number of hydrogen-bond acceptors (Lipinski definition) is 5. The van der Waals surface area contributed by atoms with Crippen LogP contribution >= 0.6 is 0 Å². The first-order chi connectivity index (χ1) is 12.9. The molecule has 1 aromatic carbocycles. The highest BCUT2D eigenvalue weighted by molar-refractivity contribution is 5.94. The molecule has 27 heavy (non-hydrogen) atoms. The minimum atomic E-state index is -0.606. The SMILES string of the molecule is CCNC(=O)NC(=O)Cn1cnc2c(cnn2-c2cc(C)cc(C)c2)c1=O. The fourth-order valence-corrected chi connectivity index (χ4v) is 2.85. The summed E-state index contributed by atoms with van der Waals surface area (Å²) in [5.41, 5.74) is 2.96. The van der Waals surface area contributed by atoms with Gasteiger partial charge in [0.2, 0.25) is 5.91 Å². The predicted molar refractivity (Wildman–Crippen MR) is 99.8 cm³/mol. The van der Waals surface area contributed by atoms with Gasteiger partial charge >= 0.3 is 6.03 Å². The van der Waals surface area contributed by atoms with E-state index in [1.807, 2.05) is 32.0 Å². The number of nitrogens with zero attached hydrogens (tertiary/aromatic N) is 4. The van der Waals surface area contributed by atoms with Crippen molar-refractivity contribution in [2.45, 2.75) is 27.3 Å². The van der Waals surface area contributed by atoms with Gasteiger partial charge in [0.1, 0.15) is 18.3 Å². The third-order valence-electron chi connectivity index (χ3n) is 3.91. The van der Waals surface area contributed by atoms with E-state index in [9.17, 15) is 14.4 Å². The summed E-state index contributed by atoms with van der Waals surface area (Å²) in [5.74, 6) is -0.606. The van der Waals surface area contributed by atoms with E-state index in [4.69, 9.17) is 0 Å². The van der Waals surface area contributed by atoms with Crippen molar-refractivity contribution in [1.82, 2.24) is 30.0 Å². The molecule has 2 N–H and O–H groups in total. The minimum absolute atomic E-state index is 0.294. The quantitative estimate of drug-likeness (QED) is 0.715. The number of carbonyl (C=O) groups is 2. The maximum Gasteiger partial charge on any atom is 0.321 e. The molecule has 0 aliphatic heterocycles. The lowest BCUT2D eigenvalue weighted by Crippen LogP contribution is -2.42. The number of aromatic nitrogens is 4. The summed E-state index contributed by atoms with van der Waals surface area (Å²) < 4.78 is 2.74. The molecule has 3 amide bonds. The Morgan fingerprint density at radius 2 is 1.85 bits per heavy atom. The zero-order chi connectivity index (χ0) is 19.6. The average molecular weight is 368 g/mol. The number of benzene rings is 1. The van der Waals surface area contributed by atoms with Crippen molar-refractivity contribution < 1.29 is 9.59 Å². The number of urea groups is 1. The van der Waals surface area contributed by atoms with Crippen LogP contribution in [-0.4, -0.2) is 37.8 Å². The molecule has 9 nitrogen and oxygen atoms in total. The lowest BCUT2D eigenvalue weighted by molar-refractivity contribution is -0.120. The topological polar surface area (TPSA) is 111 Å². The summed E-state index contributed by atoms with van der Waals surface area (Å²) >= 11 is 0. The van der Waals surface area contributed by atoms with Gasteiger partial charge in [0, 0.05) is 6.54 Å². The highest BCUT2D eigenvalue weighted by Crippen LogP contribution is 2.16. The Kier molecular flexibility index (Phi) is 5.02. The number of nitrogens with one attached hydrogen (secondary N) is 2. The summed E-state index contributed by atoms with van der Waals surface area (Å²) in [6.45, 7) is 5.78. The first-order valence-corrected chi connectivity index (χ1v) is 8.48. The molecule has 0 aliphatic rings. The van der Waals surface area contributed by atoms with Crippen molar-refractivity contribution in [2.24, 2.45) is 0 Å². The Labute approximate surface area is 155 Å². The second-order valence-electron chi connectivity index (χ2n) is 6.22. The molecule has 0 atom stereocenters. The van der Waals surface area contributed by atoms with Gasteiger partial charge in [-0.1, -0.05) is 6.07 Å². The van der Waals surface area contributed by atoms with Crippen LogP contribution in [0, 0.1) is 13.8 Å². The van der Waals surface area contributed by atoms with Crippen LogP contribution in [0.5, 0.6) is 0 Å². The van der Waals surface area contributed by atoms with E-state index in [-0.39, 0.29) is 6.54 Å². The normalized spacial score (nSPS) is 10.8. The van der Waals surface area contributed by atoms with E-state index >= 15 is 0 Å². The number of amides is 3. The molecule has 0 spiro atoms. The summed E-state index contributed by atoms with van der Waals surface area (Å²) in [4.78, 5) is 40.2. The van der Waals surface area contributed by atoms with Gasteiger partial charge in [0.15, 0.2) is 5.65 Å². The first-order valence-electron chi connectivity index (χ1n) is 8.48. The van der Waals surface area contributed by atoms with Crippen LogP contribution in [0.25, 0.3) is 16.7 Å². The number of aryl methyl sites for hydroxylation is 2. The van der Waals surface area contributed by atoms with Crippen LogP contribution in [0.2, 0.25) is 0 Å². The average Bonchev–Trinajstić information content (AvgIpc) is 3.01. The van der Waals surface area contributed by atoms with E-state index in [0.717, 1.165) is 21.4 Å². The Morgan fingerprint density at radius 3 is 2.52 bits per heavy atom. The number of hydrogen-bond donors (Lipinski definition) is 2. The fourth-order valence-electron chi connectivity index (χ4n) is 2.85. The molecule has 140 valence electrons. The van der Waals surface area contributed by atoms with Gasteiger partial charge in [0.25, 0.3) is 5.56 Å². The van der Waals surface area contributed by atoms with Crippen LogP contribution in [0.15, 0.2) is 35.5 Å². The molecular weight excluding hydrogens is 348 g/mol. The van der Waals surface area contributed by atoms with Crippen molar-refractivity contribution in [3.63, 3.8) is 0 Å². The largest absolute Gasteiger partial charge is 0.338 e. The second-order valence-corrected chi connectivity index (χ2v) is 6.22. The van der Waals surface area contributed by atoms with Gasteiger partial charge in [-0.3, -0.25) is 19.5 Å². The van der Waals surface area contributed by atoms with Crippen LogP contribution in [-0.2, 0) is 11.3 Å². The lowest BCUT2D eigenvalue weighted by atomic mass is 10.1. The molecule has 9 heteroatoms. The zero-order valence-corrected chi connectivity index (χ0v) is 15.3. The van der Waals surface area contributed by atoms with E-state index in [1.165, 1.54) is 12.5 Å². The minimum Gasteiger partial charge on any atom is -0.338 e. The number of rotatable bonds is 4. The molecule has 2 aromatic heterocycles. The number of fused-ring (bicyclic) bond motifs is 1. The molecule has 0 fully saturated rings. The monoisotopic (exact) mass is 368 g/mol. The highest BCUT2D eigenvalue weighted by Gasteiger charge is 2.14. The molecule has 2 heterocycles. The van der Waals surface area contributed by atoms with Crippen molar-refractivity contribution in [1.29, 1.82) is 0 Å². The van der Waals surface area contributed by atoms with E-state index in [2.05, 4.69) is 20.7 Å². The molecule has 0 saturated heterocycles. The van der Waals surface area contributed by atoms with Gasteiger partial charge in [-0.25, -0.2) is 14.5 Å². The third kappa shape index (κ3) is 3.86. The Hall–Kier alpha value is -3.49. The molecule has 3 aromatic rings. The Bertz CT molecular complexity index is 1060. The molecule has 3 rings (SSSR count). The van der Waals surface area contributed by atoms with Crippen LogP contribution < -0.4 is 16.2 Å². The highest BCUT2D eigenvalue weighted by atomic mass is 16.2. The van der Waals surface area contributed by atoms with Gasteiger partial charge in [-0.2, -0.15) is 5.10 Å². The maximum absolute atomic E-state index is 12.6. The number of carbonyl (C=O) groups excluding carboxylic acids is 2. The molecular formula is C18H20N6O3. The standard InChI is InChI=1S/C18H20N6O3/c1-4-19-18(27)22-15(25)9-23-10-20-16-14(17(23)26)8-21-24(16)13-6-11(2)5-12(3)7-13/h5-8,10H,4,9H2,1-3H3,(H2,19,22,25,27). The van der Waals surface area contributed by atoms with Crippen molar-refractivity contribution in [3.05, 3.63) is 52.2 Å². The summed E-state index contributed by atoms with van der Waals surface area (Å²) in [6, 6.07) is 5.34. The van der Waals surface area contributed by atoms with Crippen LogP contribution in [0.1, 0.15) is 18.1 Å². The molecule has 0 bridgehead atoms.